The lowest BCUT2D eigenvalue weighted by molar-refractivity contribution is 0.0697. The molecule has 0 spiro atoms. The molecular weight excluding hydrogens is 274 g/mol. The standard InChI is InChI=1S/C19H19NO2/c1-3-13(2)10-16-8-9-17(11-18(16)12-20)14-4-6-15(7-5-14)19(21)22/h4-9,11,13H,3,10H2,1-2H3,(H,21,22)/t13-/m0/s1. The molecule has 2 aromatic carbocycles. The van der Waals surface area contributed by atoms with Crippen LogP contribution in [-0.4, -0.2) is 11.1 Å². The number of carbonyl (C=O) groups is 1. The van der Waals surface area contributed by atoms with Crippen LogP contribution in [0.15, 0.2) is 42.5 Å². The van der Waals surface area contributed by atoms with Crippen LogP contribution in [0.1, 0.15) is 41.8 Å². The molecule has 0 saturated heterocycles. The lowest BCUT2D eigenvalue weighted by Gasteiger charge is -2.11. The molecule has 0 unspecified atom stereocenters. The van der Waals surface area contributed by atoms with Gasteiger partial charge in [-0.15, -0.1) is 0 Å². The summed E-state index contributed by atoms with van der Waals surface area (Å²) in [6.45, 7) is 4.33. The summed E-state index contributed by atoms with van der Waals surface area (Å²) in [7, 11) is 0. The minimum Gasteiger partial charge on any atom is -0.478 e. The zero-order valence-corrected chi connectivity index (χ0v) is 12.8. The van der Waals surface area contributed by atoms with Crippen molar-refractivity contribution in [1.29, 1.82) is 5.26 Å². The predicted octanol–water partition coefficient (Wildman–Crippen LogP) is 4.51. The first-order valence-corrected chi connectivity index (χ1v) is 7.42. The molecule has 0 amide bonds. The zero-order valence-electron chi connectivity index (χ0n) is 12.8. The average molecular weight is 293 g/mol. The zero-order chi connectivity index (χ0) is 16.1. The summed E-state index contributed by atoms with van der Waals surface area (Å²) in [6.07, 6.45) is 1.99. The molecular formula is C19H19NO2. The quantitative estimate of drug-likeness (QED) is 0.882. The van der Waals surface area contributed by atoms with Gasteiger partial charge >= 0.3 is 5.97 Å². The molecule has 0 fully saturated rings. The van der Waals surface area contributed by atoms with Crippen molar-refractivity contribution < 1.29 is 9.90 Å². The normalized spacial score (nSPS) is 11.7. The van der Waals surface area contributed by atoms with Crippen LogP contribution in [0, 0.1) is 17.2 Å². The Morgan fingerprint density at radius 3 is 2.36 bits per heavy atom. The van der Waals surface area contributed by atoms with E-state index < -0.39 is 5.97 Å². The van der Waals surface area contributed by atoms with Gasteiger partial charge in [0.05, 0.1) is 17.2 Å². The maximum absolute atomic E-state index is 10.9. The number of hydrogen-bond acceptors (Lipinski definition) is 2. The van der Waals surface area contributed by atoms with Crippen LogP contribution < -0.4 is 0 Å². The summed E-state index contributed by atoms with van der Waals surface area (Å²) >= 11 is 0. The van der Waals surface area contributed by atoms with Crippen molar-refractivity contribution in [1.82, 2.24) is 0 Å². The molecule has 0 heterocycles. The Morgan fingerprint density at radius 2 is 1.82 bits per heavy atom. The SMILES string of the molecule is CC[C@H](C)Cc1ccc(-c2ccc(C(=O)O)cc2)cc1C#N. The van der Waals surface area contributed by atoms with Gasteiger partial charge in [-0.3, -0.25) is 0 Å². The molecule has 0 aromatic heterocycles. The molecule has 0 aliphatic carbocycles. The number of carboxylic acids is 1. The Hall–Kier alpha value is -2.60. The molecule has 1 atom stereocenters. The van der Waals surface area contributed by atoms with Gasteiger partial charge in [-0.25, -0.2) is 4.79 Å². The van der Waals surface area contributed by atoms with Crippen LogP contribution in [0.2, 0.25) is 0 Å². The monoisotopic (exact) mass is 293 g/mol. The van der Waals surface area contributed by atoms with Gasteiger partial charge in [0.2, 0.25) is 0 Å². The second-order valence-electron chi connectivity index (χ2n) is 5.58. The van der Waals surface area contributed by atoms with E-state index in [1.54, 1.807) is 24.3 Å². The van der Waals surface area contributed by atoms with Crippen molar-refractivity contribution in [3.05, 3.63) is 59.2 Å². The molecule has 0 aliphatic rings. The molecule has 0 bridgehead atoms. The molecule has 1 N–H and O–H groups in total. The van der Waals surface area contributed by atoms with Gasteiger partial charge in [0, 0.05) is 0 Å². The summed E-state index contributed by atoms with van der Waals surface area (Å²) in [5.41, 5.74) is 3.87. The second-order valence-corrected chi connectivity index (χ2v) is 5.58. The van der Waals surface area contributed by atoms with Crippen LogP contribution >= 0.6 is 0 Å². The van der Waals surface area contributed by atoms with E-state index in [9.17, 15) is 10.1 Å². The summed E-state index contributed by atoms with van der Waals surface area (Å²) in [5, 5.41) is 18.3. The van der Waals surface area contributed by atoms with Gasteiger partial charge in [0.25, 0.3) is 0 Å². The van der Waals surface area contributed by atoms with Gasteiger partial charge < -0.3 is 5.11 Å². The highest BCUT2D eigenvalue weighted by atomic mass is 16.4. The summed E-state index contributed by atoms with van der Waals surface area (Å²) in [4.78, 5) is 10.9. The van der Waals surface area contributed by atoms with E-state index in [2.05, 4.69) is 19.9 Å². The van der Waals surface area contributed by atoms with E-state index in [0.29, 0.717) is 11.5 Å². The molecule has 0 radical (unpaired) electrons. The maximum Gasteiger partial charge on any atom is 0.335 e. The van der Waals surface area contributed by atoms with E-state index in [1.165, 1.54) is 0 Å². The number of benzene rings is 2. The molecule has 3 heteroatoms. The number of aromatic carboxylic acids is 1. The number of nitrogens with zero attached hydrogens (tertiary/aromatic N) is 1. The van der Waals surface area contributed by atoms with E-state index in [4.69, 9.17) is 5.11 Å². The van der Waals surface area contributed by atoms with Crippen molar-refractivity contribution in [2.45, 2.75) is 26.7 Å². The van der Waals surface area contributed by atoms with Crippen molar-refractivity contribution in [2.75, 3.05) is 0 Å². The first kappa shape index (κ1) is 15.8. The van der Waals surface area contributed by atoms with Crippen molar-refractivity contribution in [3.63, 3.8) is 0 Å². The average Bonchev–Trinajstić information content (AvgIpc) is 2.55. The molecule has 0 saturated carbocycles. The van der Waals surface area contributed by atoms with Crippen LogP contribution in [0.3, 0.4) is 0 Å². The number of carboxylic acid groups (broad SMARTS) is 1. The Kier molecular flexibility index (Phi) is 4.95. The van der Waals surface area contributed by atoms with Crippen molar-refractivity contribution >= 4 is 5.97 Å². The second kappa shape index (κ2) is 6.91. The summed E-state index contributed by atoms with van der Waals surface area (Å²) < 4.78 is 0. The lowest BCUT2D eigenvalue weighted by atomic mass is 9.93. The van der Waals surface area contributed by atoms with E-state index >= 15 is 0 Å². The van der Waals surface area contributed by atoms with Gasteiger partial charge in [-0.2, -0.15) is 5.26 Å². The van der Waals surface area contributed by atoms with E-state index in [0.717, 1.165) is 29.5 Å². The van der Waals surface area contributed by atoms with Gasteiger partial charge in [0.1, 0.15) is 0 Å². The predicted molar refractivity (Wildman–Crippen MR) is 86.7 cm³/mol. The molecule has 2 aromatic rings. The molecule has 2 rings (SSSR count). The highest BCUT2D eigenvalue weighted by Crippen LogP contribution is 2.24. The van der Waals surface area contributed by atoms with Gasteiger partial charge in [0.15, 0.2) is 0 Å². The van der Waals surface area contributed by atoms with Crippen molar-refractivity contribution in [2.24, 2.45) is 5.92 Å². The largest absolute Gasteiger partial charge is 0.478 e. The van der Waals surface area contributed by atoms with Crippen LogP contribution in [0.4, 0.5) is 0 Å². The molecule has 112 valence electrons. The fourth-order valence-corrected chi connectivity index (χ4v) is 2.36. The van der Waals surface area contributed by atoms with Crippen LogP contribution in [0.25, 0.3) is 11.1 Å². The highest BCUT2D eigenvalue weighted by molar-refractivity contribution is 5.88. The fourth-order valence-electron chi connectivity index (χ4n) is 2.36. The smallest absolute Gasteiger partial charge is 0.335 e. The summed E-state index contributed by atoms with van der Waals surface area (Å²) in [6, 6.07) is 14.9. The Labute approximate surface area is 130 Å². The number of nitriles is 1. The maximum atomic E-state index is 10.9. The van der Waals surface area contributed by atoms with Crippen LogP contribution in [0.5, 0.6) is 0 Å². The topological polar surface area (TPSA) is 61.1 Å². The third kappa shape index (κ3) is 3.53. The van der Waals surface area contributed by atoms with Gasteiger partial charge in [-0.1, -0.05) is 44.5 Å². The van der Waals surface area contributed by atoms with Crippen molar-refractivity contribution in [3.8, 4) is 17.2 Å². The first-order chi connectivity index (χ1) is 10.5. The highest BCUT2D eigenvalue weighted by Gasteiger charge is 2.09. The number of hydrogen-bond donors (Lipinski definition) is 1. The number of rotatable bonds is 5. The molecule has 0 aliphatic heterocycles. The Balaban J connectivity index is 2.33. The van der Waals surface area contributed by atoms with E-state index in [1.807, 2.05) is 18.2 Å². The fraction of sp³-hybridized carbons (Fsp3) is 0.263. The lowest BCUT2D eigenvalue weighted by Crippen LogP contribution is -2.00. The van der Waals surface area contributed by atoms with E-state index in [-0.39, 0.29) is 5.56 Å². The minimum absolute atomic E-state index is 0.262. The molecule has 22 heavy (non-hydrogen) atoms. The first-order valence-electron chi connectivity index (χ1n) is 7.42. The minimum atomic E-state index is -0.937. The Bertz CT molecular complexity index is 711. The third-order valence-corrected chi connectivity index (χ3v) is 3.96. The summed E-state index contributed by atoms with van der Waals surface area (Å²) in [5.74, 6) is -0.388. The Morgan fingerprint density at radius 1 is 1.18 bits per heavy atom. The molecule has 3 nitrogen and oxygen atoms in total. The van der Waals surface area contributed by atoms with Crippen LogP contribution in [-0.2, 0) is 6.42 Å². The van der Waals surface area contributed by atoms with Gasteiger partial charge in [-0.05, 0) is 47.2 Å². The third-order valence-electron chi connectivity index (χ3n) is 3.96.